The minimum Gasteiger partial charge on any atom is -0.490 e. The molecule has 0 unspecified atom stereocenters. The molecule has 168 valence electrons. The molecule has 4 aromatic rings. The molecule has 0 bridgehead atoms. The molecule has 3 aromatic carbocycles. The molecule has 4 rings (SSSR count). The van der Waals surface area contributed by atoms with Crippen LogP contribution in [0.15, 0.2) is 71.8 Å². The lowest BCUT2D eigenvalue weighted by atomic mass is 10.2. The Morgan fingerprint density at radius 2 is 1.82 bits per heavy atom. The average molecular weight is 499 g/mol. The summed E-state index contributed by atoms with van der Waals surface area (Å²) in [5.41, 5.74) is 2.58. The zero-order chi connectivity index (χ0) is 23.2. The normalized spacial score (nSPS) is 11.1. The number of aromatic amines is 1. The van der Waals surface area contributed by atoms with Gasteiger partial charge in [-0.2, -0.15) is 14.9 Å². The molecule has 0 aliphatic heterocycles. The molecule has 0 radical (unpaired) electrons. The molecule has 0 aliphatic rings. The highest BCUT2D eigenvalue weighted by Gasteiger charge is 2.13. The predicted octanol–water partition coefficient (Wildman–Crippen LogP) is 6.77. The van der Waals surface area contributed by atoms with Crippen LogP contribution in [-0.2, 0) is 6.61 Å². The summed E-state index contributed by atoms with van der Waals surface area (Å²) in [6, 6.07) is 20.7. The molecule has 0 saturated heterocycles. The summed E-state index contributed by atoms with van der Waals surface area (Å²) in [5.74, 6) is 1.60. The molecule has 6 nitrogen and oxygen atoms in total. The van der Waals surface area contributed by atoms with Crippen molar-refractivity contribution >= 4 is 41.6 Å². The van der Waals surface area contributed by atoms with Gasteiger partial charge in [-0.05, 0) is 54.5 Å². The maximum atomic E-state index is 6.55. The van der Waals surface area contributed by atoms with Gasteiger partial charge < -0.3 is 9.47 Å². The topological polar surface area (TPSA) is 64.4 Å². The van der Waals surface area contributed by atoms with Crippen LogP contribution in [0.3, 0.4) is 0 Å². The molecule has 1 heterocycles. The molecular weight excluding hydrogens is 479 g/mol. The Labute approximate surface area is 206 Å². The second-order valence-corrected chi connectivity index (χ2v) is 8.18. The lowest BCUT2D eigenvalue weighted by molar-refractivity contribution is 0.269. The van der Waals surface area contributed by atoms with Crippen molar-refractivity contribution in [2.75, 3.05) is 6.61 Å². The SMILES string of the molecule is CCOc1cc(/C=N\n2c(-c3ccccc3)n[nH]c2=S)cc(Cl)c1OCc1ccc(Cl)cc1. The maximum Gasteiger partial charge on any atom is 0.216 e. The molecule has 0 fully saturated rings. The molecule has 0 spiro atoms. The summed E-state index contributed by atoms with van der Waals surface area (Å²) in [7, 11) is 0. The van der Waals surface area contributed by atoms with E-state index in [1.807, 2.05) is 67.6 Å². The second kappa shape index (κ2) is 10.7. The van der Waals surface area contributed by atoms with Crippen molar-refractivity contribution in [3.63, 3.8) is 0 Å². The fourth-order valence-corrected chi connectivity index (χ4v) is 3.68. The number of nitrogens with zero attached hydrogens (tertiary/aromatic N) is 3. The molecule has 0 atom stereocenters. The molecule has 0 amide bonds. The average Bonchev–Trinajstić information content (AvgIpc) is 3.19. The monoisotopic (exact) mass is 498 g/mol. The van der Waals surface area contributed by atoms with Crippen LogP contribution >= 0.6 is 35.4 Å². The number of benzene rings is 3. The Balaban J connectivity index is 1.61. The van der Waals surface area contributed by atoms with Crippen molar-refractivity contribution in [2.45, 2.75) is 13.5 Å². The van der Waals surface area contributed by atoms with Gasteiger partial charge in [0, 0.05) is 10.6 Å². The summed E-state index contributed by atoms with van der Waals surface area (Å²) < 4.78 is 13.7. The van der Waals surface area contributed by atoms with Crippen molar-refractivity contribution in [2.24, 2.45) is 5.10 Å². The van der Waals surface area contributed by atoms with E-state index in [-0.39, 0.29) is 0 Å². The highest BCUT2D eigenvalue weighted by Crippen LogP contribution is 2.37. The van der Waals surface area contributed by atoms with Gasteiger partial charge >= 0.3 is 0 Å². The third kappa shape index (κ3) is 5.63. The number of hydrogen-bond donors (Lipinski definition) is 1. The van der Waals surface area contributed by atoms with Crippen LogP contribution in [0.5, 0.6) is 11.5 Å². The third-order valence-electron chi connectivity index (χ3n) is 4.63. The Morgan fingerprint density at radius 1 is 1.06 bits per heavy atom. The Hall–Kier alpha value is -3.13. The van der Waals surface area contributed by atoms with E-state index < -0.39 is 0 Å². The van der Waals surface area contributed by atoms with Gasteiger partial charge in [0.2, 0.25) is 4.77 Å². The fraction of sp³-hybridized carbons (Fsp3) is 0.125. The number of hydrogen-bond acceptors (Lipinski definition) is 5. The van der Waals surface area contributed by atoms with E-state index in [1.165, 1.54) is 0 Å². The first-order chi connectivity index (χ1) is 16.0. The van der Waals surface area contributed by atoms with Gasteiger partial charge in [0.1, 0.15) is 6.61 Å². The highest BCUT2D eigenvalue weighted by molar-refractivity contribution is 7.71. The highest BCUT2D eigenvalue weighted by atomic mass is 35.5. The van der Waals surface area contributed by atoms with Gasteiger partial charge in [-0.1, -0.05) is 65.7 Å². The Bertz CT molecular complexity index is 1320. The van der Waals surface area contributed by atoms with Crippen LogP contribution in [0.25, 0.3) is 11.4 Å². The third-order valence-corrected chi connectivity index (χ3v) is 5.43. The van der Waals surface area contributed by atoms with E-state index in [4.69, 9.17) is 44.9 Å². The summed E-state index contributed by atoms with van der Waals surface area (Å²) in [6.45, 7) is 2.68. The van der Waals surface area contributed by atoms with E-state index in [9.17, 15) is 0 Å². The van der Waals surface area contributed by atoms with Crippen molar-refractivity contribution in [3.8, 4) is 22.9 Å². The number of halogens is 2. The molecule has 1 N–H and O–H groups in total. The Morgan fingerprint density at radius 3 is 2.55 bits per heavy atom. The number of ether oxygens (including phenoxy) is 2. The first-order valence-corrected chi connectivity index (χ1v) is 11.3. The summed E-state index contributed by atoms with van der Waals surface area (Å²) in [6.07, 6.45) is 1.65. The standard InChI is InChI=1S/C24H20Cl2N4O2S/c1-2-31-21-13-17(12-20(26)22(21)32-15-16-8-10-19(25)11-9-16)14-27-30-23(28-29-24(30)33)18-6-4-3-5-7-18/h3-14H,2,15H2,1H3,(H,29,33)/b27-14-. The zero-order valence-corrected chi connectivity index (χ0v) is 20.0. The van der Waals surface area contributed by atoms with Crippen molar-refractivity contribution < 1.29 is 9.47 Å². The molecule has 33 heavy (non-hydrogen) atoms. The quantitative estimate of drug-likeness (QED) is 0.215. The largest absolute Gasteiger partial charge is 0.490 e. The zero-order valence-electron chi connectivity index (χ0n) is 17.7. The van der Waals surface area contributed by atoms with Crippen LogP contribution in [0, 0.1) is 4.77 Å². The van der Waals surface area contributed by atoms with Crippen LogP contribution in [0.2, 0.25) is 10.0 Å². The van der Waals surface area contributed by atoms with Gasteiger partial charge in [-0.25, -0.2) is 5.10 Å². The maximum absolute atomic E-state index is 6.55. The fourth-order valence-electron chi connectivity index (χ4n) is 3.10. The minimum absolute atomic E-state index is 0.328. The molecular formula is C24H20Cl2N4O2S. The van der Waals surface area contributed by atoms with Gasteiger partial charge in [0.05, 0.1) is 17.8 Å². The van der Waals surface area contributed by atoms with Gasteiger partial charge in [-0.15, -0.1) is 0 Å². The number of aromatic nitrogens is 3. The molecule has 9 heteroatoms. The lowest BCUT2D eigenvalue weighted by Crippen LogP contribution is -2.02. The Kier molecular flexibility index (Phi) is 7.44. The molecule has 0 saturated carbocycles. The van der Waals surface area contributed by atoms with E-state index in [2.05, 4.69) is 15.3 Å². The second-order valence-electron chi connectivity index (χ2n) is 6.95. The van der Waals surface area contributed by atoms with Gasteiger partial charge in [-0.3, -0.25) is 0 Å². The summed E-state index contributed by atoms with van der Waals surface area (Å²) >= 11 is 17.8. The van der Waals surface area contributed by atoms with Gasteiger partial charge in [0.15, 0.2) is 17.3 Å². The van der Waals surface area contributed by atoms with E-state index in [0.29, 0.717) is 45.4 Å². The smallest absolute Gasteiger partial charge is 0.216 e. The van der Waals surface area contributed by atoms with Crippen molar-refractivity contribution in [1.82, 2.24) is 14.9 Å². The van der Waals surface area contributed by atoms with Crippen molar-refractivity contribution in [1.29, 1.82) is 0 Å². The van der Waals surface area contributed by atoms with E-state index >= 15 is 0 Å². The summed E-state index contributed by atoms with van der Waals surface area (Å²) in [4.78, 5) is 0. The van der Waals surface area contributed by atoms with E-state index in [0.717, 1.165) is 16.7 Å². The molecule has 1 aromatic heterocycles. The summed E-state index contributed by atoms with van der Waals surface area (Å²) in [5, 5.41) is 12.7. The van der Waals surface area contributed by atoms with Crippen LogP contribution in [0.1, 0.15) is 18.1 Å². The number of rotatable bonds is 8. The first kappa shape index (κ1) is 23.0. The van der Waals surface area contributed by atoms with Gasteiger partial charge in [0.25, 0.3) is 0 Å². The van der Waals surface area contributed by atoms with Crippen molar-refractivity contribution in [3.05, 3.63) is 92.7 Å². The molecule has 0 aliphatic carbocycles. The van der Waals surface area contributed by atoms with Crippen LogP contribution in [0.4, 0.5) is 0 Å². The van der Waals surface area contributed by atoms with E-state index in [1.54, 1.807) is 17.0 Å². The van der Waals surface area contributed by atoms with Crippen LogP contribution < -0.4 is 9.47 Å². The number of nitrogens with one attached hydrogen (secondary N) is 1. The minimum atomic E-state index is 0.328. The number of H-pyrrole nitrogens is 1. The first-order valence-electron chi connectivity index (χ1n) is 10.2. The lowest BCUT2D eigenvalue weighted by Gasteiger charge is -2.14. The van der Waals surface area contributed by atoms with Crippen LogP contribution in [-0.4, -0.2) is 27.7 Å². The predicted molar refractivity (Wildman–Crippen MR) is 134 cm³/mol.